The number of rotatable bonds is 6. The first-order chi connectivity index (χ1) is 8.28. The standard InChI is InChI=1S/C12H24N4O/c13-4-1-5-15-6-8-16(9-7-15)10-12(17)14-11-2-3-11/h11H,1-10,13H2,(H,14,17). The van der Waals surface area contributed by atoms with E-state index >= 15 is 0 Å². The Balaban J connectivity index is 1.59. The SMILES string of the molecule is NCCCN1CCN(CC(=O)NC2CC2)CC1. The molecule has 0 aromatic heterocycles. The zero-order chi connectivity index (χ0) is 12.1. The van der Waals surface area contributed by atoms with Crippen LogP contribution < -0.4 is 11.1 Å². The first-order valence-electron chi connectivity index (χ1n) is 6.72. The Bertz CT molecular complexity index is 247. The van der Waals surface area contributed by atoms with E-state index in [4.69, 9.17) is 5.73 Å². The number of hydrogen-bond acceptors (Lipinski definition) is 4. The molecule has 1 amide bonds. The molecule has 5 heteroatoms. The van der Waals surface area contributed by atoms with Gasteiger partial charge in [-0.25, -0.2) is 0 Å². The number of piperazine rings is 1. The van der Waals surface area contributed by atoms with Gasteiger partial charge in [-0.2, -0.15) is 0 Å². The summed E-state index contributed by atoms with van der Waals surface area (Å²) in [6.07, 6.45) is 3.40. The minimum Gasteiger partial charge on any atom is -0.352 e. The minimum atomic E-state index is 0.197. The molecule has 2 fully saturated rings. The number of carbonyl (C=O) groups excluding carboxylic acids is 1. The van der Waals surface area contributed by atoms with Crippen molar-refractivity contribution in [1.82, 2.24) is 15.1 Å². The average Bonchev–Trinajstić information content (AvgIpc) is 3.12. The number of hydrogen-bond donors (Lipinski definition) is 2. The first-order valence-corrected chi connectivity index (χ1v) is 6.72. The summed E-state index contributed by atoms with van der Waals surface area (Å²) in [6, 6.07) is 0.480. The minimum absolute atomic E-state index is 0.197. The number of carbonyl (C=O) groups is 1. The number of nitrogens with one attached hydrogen (secondary N) is 1. The van der Waals surface area contributed by atoms with Gasteiger partial charge in [0.15, 0.2) is 0 Å². The second-order valence-electron chi connectivity index (χ2n) is 5.10. The number of amides is 1. The molecule has 1 aliphatic heterocycles. The topological polar surface area (TPSA) is 61.6 Å². The molecule has 2 rings (SSSR count). The van der Waals surface area contributed by atoms with E-state index < -0.39 is 0 Å². The van der Waals surface area contributed by atoms with E-state index in [0.717, 1.165) is 45.7 Å². The maximum atomic E-state index is 11.6. The van der Waals surface area contributed by atoms with Crippen LogP contribution in [-0.4, -0.2) is 67.6 Å². The average molecular weight is 240 g/mol. The van der Waals surface area contributed by atoms with Crippen molar-refractivity contribution < 1.29 is 4.79 Å². The van der Waals surface area contributed by atoms with E-state index in [2.05, 4.69) is 15.1 Å². The molecule has 2 aliphatic rings. The van der Waals surface area contributed by atoms with Crippen molar-refractivity contribution in [2.45, 2.75) is 25.3 Å². The zero-order valence-electron chi connectivity index (χ0n) is 10.5. The summed E-state index contributed by atoms with van der Waals surface area (Å²) in [7, 11) is 0. The monoisotopic (exact) mass is 240 g/mol. The summed E-state index contributed by atoms with van der Waals surface area (Å²) >= 11 is 0. The second kappa shape index (κ2) is 6.33. The van der Waals surface area contributed by atoms with Crippen molar-refractivity contribution in [2.24, 2.45) is 5.73 Å². The predicted molar refractivity (Wildman–Crippen MR) is 67.7 cm³/mol. The van der Waals surface area contributed by atoms with Gasteiger partial charge in [-0.05, 0) is 32.4 Å². The van der Waals surface area contributed by atoms with Crippen LogP contribution in [0, 0.1) is 0 Å². The maximum absolute atomic E-state index is 11.6. The molecular formula is C12H24N4O. The Hall–Kier alpha value is -0.650. The van der Waals surface area contributed by atoms with Crippen molar-refractivity contribution in [3.8, 4) is 0 Å². The van der Waals surface area contributed by atoms with Gasteiger partial charge in [0.2, 0.25) is 5.91 Å². The quantitative estimate of drug-likeness (QED) is 0.640. The molecule has 17 heavy (non-hydrogen) atoms. The molecule has 5 nitrogen and oxygen atoms in total. The van der Waals surface area contributed by atoms with Crippen LogP contribution in [0.3, 0.4) is 0 Å². The van der Waals surface area contributed by atoms with E-state index in [1.54, 1.807) is 0 Å². The lowest BCUT2D eigenvalue weighted by molar-refractivity contribution is -0.122. The fourth-order valence-electron chi connectivity index (χ4n) is 2.19. The third kappa shape index (κ3) is 4.61. The van der Waals surface area contributed by atoms with Crippen molar-refractivity contribution in [3.05, 3.63) is 0 Å². The molecule has 1 heterocycles. The molecule has 1 saturated heterocycles. The summed E-state index contributed by atoms with van der Waals surface area (Å²) in [5.41, 5.74) is 5.50. The van der Waals surface area contributed by atoms with Crippen molar-refractivity contribution in [3.63, 3.8) is 0 Å². The molecule has 0 atom stereocenters. The lowest BCUT2D eigenvalue weighted by Crippen LogP contribution is -2.49. The summed E-state index contributed by atoms with van der Waals surface area (Å²) in [5.74, 6) is 0.197. The van der Waals surface area contributed by atoms with E-state index in [9.17, 15) is 4.79 Å². The van der Waals surface area contributed by atoms with Gasteiger partial charge in [0.25, 0.3) is 0 Å². The fraction of sp³-hybridized carbons (Fsp3) is 0.917. The predicted octanol–water partition coefficient (Wildman–Crippen LogP) is -0.769. The Labute approximate surface area is 103 Å². The van der Waals surface area contributed by atoms with Crippen LogP contribution in [0.25, 0.3) is 0 Å². The van der Waals surface area contributed by atoms with Crippen molar-refractivity contribution in [2.75, 3.05) is 45.8 Å². The lowest BCUT2D eigenvalue weighted by Gasteiger charge is -2.34. The van der Waals surface area contributed by atoms with Crippen LogP contribution in [0.1, 0.15) is 19.3 Å². The van der Waals surface area contributed by atoms with Crippen LogP contribution in [-0.2, 0) is 4.79 Å². The summed E-state index contributed by atoms with van der Waals surface area (Å²) < 4.78 is 0. The molecule has 0 spiro atoms. The Morgan fingerprint density at radius 2 is 1.82 bits per heavy atom. The molecule has 1 saturated carbocycles. The lowest BCUT2D eigenvalue weighted by atomic mass is 10.3. The van der Waals surface area contributed by atoms with Crippen LogP contribution in [0.5, 0.6) is 0 Å². The molecule has 0 bridgehead atoms. The first kappa shape index (κ1) is 12.8. The van der Waals surface area contributed by atoms with E-state index in [1.165, 1.54) is 12.8 Å². The highest BCUT2D eigenvalue weighted by atomic mass is 16.2. The third-order valence-corrected chi connectivity index (χ3v) is 3.45. The number of nitrogens with two attached hydrogens (primary N) is 1. The van der Waals surface area contributed by atoms with Gasteiger partial charge >= 0.3 is 0 Å². The van der Waals surface area contributed by atoms with Crippen LogP contribution >= 0.6 is 0 Å². The molecule has 3 N–H and O–H groups in total. The van der Waals surface area contributed by atoms with Gasteiger partial charge in [-0.3, -0.25) is 9.69 Å². The third-order valence-electron chi connectivity index (χ3n) is 3.45. The highest BCUT2D eigenvalue weighted by molar-refractivity contribution is 5.78. The largest absolute Gasteiger partial charge is 0.352 e. The maximum Gasteiger partial charge on any atom is 0.234 e. The molecule has 0 aromatic carbocycles. The molecule has 98 valence electrons. The highest BCUT2D eigenvalue weighted by Crippen LogP contribution is 2.18. The van der Waals surface area contributed by atoms with Crippen LogP contribution in [0.15, 0.2) is 0 Å². The van der Waals surface area contributed by atoms with E-state index in [1.807, 2.05) is 0 Å². The van der Waals surface area contributed by atoms with Crippen LogP contribution in [0.2, 0.25) is 0 Å². The molecule has 0 unspecified atom stereocenters. The fourth-order valence-corrected chi connectivity index (χ4v) is 2.19. The van der Waals surface area contributed by atoms with Gasteiger partial charge in [0.05, 0.1) is 6.54 Å². The normalized spacial score (nSPS) is 22.6. The zero-order valence-corrected chi connectivity index (χ0v) is 10.5. The number of nitrogens with zero attached hydrogens (tertiary/aromatic N) is 2. The van der Waals surface area contributed by atoms with Crippen LogP contribution in [0.4, 0.5) is 0 Å². The van der Waals surface area contributed by atoms with Gasteiger partial charge in [0, 0.05) is 32.2 Å². The Morgan fingerprint density at radius 3 is 2.41 bits per heavy atom. The van der Waals surface area contributed by atoms with E-state index in [0.29, 0.717) is 12.6 Å². The second-order valence-corrected chi connectivity index (χ2v) is 5.10. The van der Waals surface area contributed by atoms with Gasteiger partial charge in [-0.15, -0.1) is 0 Å². The summed E-state index contributed by atoms with van der Waals surface area (Å²) in [5, 5.41) is 3.04. The van der Waals surface area contributed by atoms with Gasteiger partial charge in [-0.1, -0.05) is 0 Å². The smallest absolute Gasteiger partial charge is 0.234 e. The van der Waals surface area contributed by atoms with Crippen molar-refractivity contribution >= 4 is 5.91 Å². The summed E-state index contributed by atoms with van der Waals surface area (Å²) in [6.45, 7) is 6.57. The molecule has 0 aromatic rings. The van der Waals surface area contributed by atoms with E-state index in [-0.39, 0.29) is 5.91 Å². The van der Waals surface area contributed by atoms with Crippen molar-refractivity contribution in [1.29, 1.82) is 0 Å². The Morgan fingerprint density at radius 1 is 1.18 bits per heavy atom. The molecule has 1 aliphatic carbocycles. The summed E-state index contributed by atoms with van der Waals surface area (Å²) in [4.78, 5) is 16.3. The Kier molecular flexibility index (Phi) is 4.76. The molecular weight excluding hydrogens is 216 g/mol. The van der Waals surface area contributed by atoms with Gasteiger partial charge in [0.1, 0.15) is 0 Å². The van der Waals surface area contributed by atoms with Gasteiger partial charge < -0.3 is 16.0 Å². The molecule has 0 radical (unpaired) electrons. The highest BCUT2D eigenvalue weighted by Gasteiger charge is 2.25.